The Hall–Kier alpha value is -2.41. The van der Waals surface area contributed by atoms with Gasteiger partial charge in [-0.2, -0.15) is 5.10 Å². The Balaban J connectivity index is 1.94. The third-order valence-electron chi connectivity index (χ3n) is 3.52. The average Bonchev–Trinajstić information content (AvgIpc) is 2.87. The second-order valence-corrected chi connectivity index (χ2v) is 5.87. The van der Waals surface area contributed by atoms with Crippen molar-refractivity contribution in [2.75, 3.05) is 11.9 Å². The minimum atomic E-state index is -0.328. The largest absolute Gasteiger partial charge is 0.462 e. The van der Waals surface area contributed by atoms with Gasteiger partial charge in [0.2, 0.25) is 0 Å². The van der Waals surface area contributed by atoms with E-state index in [4.69, 9.17) is 17.0 Å². The molecule has 1 atom stereocenters. The van der Waals surface area contributed by atoms with Crippen molar-refractivity contribution in [1.29, 1.82) is 0 Å². The second kappa shape index (κ2) is 7.92. The van der Waals surface area contributed by atoms with Gasteiger partial charge in [-0.1, -0.05) is 0 Å². The van der Waals surface area contributed by atoms with Crippen molar-refractivity contribution in [2.24, 2.45) is 7.05 Å². The van der Waals surface area contributed by atoms with E-state index < -0.39 is 0 Å². The summed E-state index contributed by atoms with van der Waals surface area (Å²) >= 11 is 5.35. The standard InChI is InChI=1S/C17H22N4O2S/c1-5-23-16(22)13-6-8-14(9-7-13)19-17(24)18-11(2)15-10-21(4)20-12(15)3/h6-11H,5H2,1-4H3,(H2,18,19,24)/t11-/m0/s1. The topological polar surface area (TPSA) is 68.2 Å². The third-order valence-corrected chi connectivity index (χ3v) is 3.74. The molecule has 1 heterocycles. The number of hydrogen-bond donors (Lipinski definition) is 2. The van der Waals surface area contributed by atoms with Crippen LogP contribution in [0, 0.1) is 6.92 Å². The number of thiocarbonyl (C=S) groups is 1. The van der Waals surface area contributed by atoms with Crippen LogP contribution in [0.5, 0.6) is 0 Å². The van der Waals surface area contributed by atoms with E-state index in [0.717, 1.165) is 16.9 Å². The van der Waals surface area contributed by atoms with Crippen LogP contribution in [0.4, 0.5) is 5.69 Å². The molecule has 0 aliphatic carbocycles. The highest BCUT2D eigenvalue weighted by Crippen LogP contribution is 2.16. The summed E-state index contributed by atoms with van der Waals surface area (Å²) in [5.41, 5.74) is 3.38. The molecular formula is C17H22N4O2S. The number of hydrogen-bond acceptors (Lipinski definition) is 4. The highest BCUT2D eigenvalue weighted by Gasteiger charge is 2.13. The monoisotopic (exact) mass is 346 g/mol. The van der Waals surface area contributed by atoms with Crippen LogP contribution in [0.3, 0.4) is 0 Å². The van der Waals surface area contributed by atoms with Crippen molar-refractivity contribution in [2.45, 2.75) is 26.8 Å². The number of nitrogens with one attached hydrogen (secondary N) is 2. The number of aromatic nitrogens is 2. The van der Waals surface area contributed by atoms with E-state index in [1.807, 2.05) is 27.1 Å². The number of carbonyl (C=O) groups excluding carboxylic acids is 1. The molecule has 0 amide bonds. The lowest BCUT2D eigenvalue weighted by atomic mass is 10.1. The molecule has 0 unspecified atom stereocenters. The average molecular weight is 346 g/mol. The molecule has 2 aromatic rings. The summed E-state index contributed by atoms with van der Waals surface area (Å²) in [6.07, 6.45) is 1.98. The summed E-state index contributed by atoms with van der Waals surface area (Å²) in [4.78, 5) is 11.6. The summed E-state index contributed by atoms with van der Waals surface area (Å²) in [5.74, 6) is -0.328. The smallest absolute Gasteiger partial charge is 0.338 e. The van der Waals surface area contributed by atoms with E-state index in [1.54, 1.807) is 35.9 Å². The highest BCUT2D eigenvalue weighted by atomic mass is 32.1. The lowest BCUT2D eigenvalue weighted by Crippen LogP contribution is -2.31. The van der Waals surface area contributed by atoms with Crippen LogP contribution in [-0.2, 0) is 11.8 Å². The quantitative estimate of drug-likeness (QED) is 0.641. The number of anilines is 1. The van der Waals surface area contributed by atoms with Gasteiger partial charge >= 0.3 is 5.97 Å². The molecule has 0 radical (unpaired) electrons. The maximum atomic E-state index is 11.6. The number of carbonyl (C=O) groups is 1. The van der Waals surface area contributed by atoms with Gasteiger partial charge in [0.25, 0.3) is 0 Å². The number of nitrogens with zero attached hydrogens (tertiary/aromatic N) is 2. The van der Waals surface area contributed by atoms with Crippen molar-refractivity contribution in [3.05, 3.63) is 47.3 Å². The van der Waals surface area contributed by atoms with E-state index in [9.17, 15) is 4.79 Å². The number of esters is 1. The fourth-order valence-electron chi connectivity index (χ4n) is 2.39. The first-order valence-corrected chi connectivity index (χ1v) is 8.16. The van der Waals surface area contributed by atoms with Gasteiger partial charge < -0.3 is 15.4 Å². The van der Waals surface area contributed by atoms with Crippen LogP contribution in [0.2, 0.25) is 0 Å². The summed E-state index contributed by atoms with van der Waals surface area (Å²) in [6, 6.07) is 7.04. The number of aryl methyl sites for hydroxylation is 2. The minimum absolute atomic E-state index is 0.0394. The molecule has 0 saturated heterocycles. The molecule has 24 heavy (non-hydrogen) atoms. The molecule has 0 spiro atoms. The molecule has 0 fully saturated rings. The summed E-state index contributed by atoms with van der Waals surface area (Å²) < 4.78 is 6.74. The molecule has 1 aromatic carbocycles. The van der Waals surface area contributed by atoms with Crippen LogP contribution in [0.25, 0.3) is 0 Å². The van der Waals surface area contributed by atoms with Crippen molar-refractivity contribution in [3.63, 3.8) is 0 Å². The first kappa shape index (κ1) is 17.9. The zero-order valence-electron chi connectivity index (χ0n) is 14.3. The predicted octanol–water partition coefficient (Wildman–Crippen LogP) is 2.95. The maximum absolute atomic E-state index is 11.6. The molecular weight excluding hydrogens is 324 g/mol. The van der Waals surface area contributed by atoms with Gasteiger partial charge in [-0.15, -0.1) is 0 Å². The lowest BCUT2D eigenvalue weighted by molar-refractivity contribution is 0.0526. The Morgan fingerprint density at radius 3 is 2.58 bits per heavy atom. The molecule has 7 heteroatoms. The molecule has 2 N–H and O–H groups in total. The normalized spacial score (nSPS) is 11.7. The van der Waals surface area contributed by atoms with E-state index in [1.165, 1.54) is 0 Å². The van der Waals surface area contributed by atoms with E-state index in [2.05, 4.69) is 15.7 Å². The van der Waals surface area contributed by atoms with Crippen molar-refractivity contribution in [3.8, 4) is 0 Å². The van der Waals surface area contributed by atoms with E-state index in [0.29, 0.717) is 17.3 Å². The molecule has 128 valence electrons. The molecule has 6 nitrogen and oxygen atoms in total. The Kier molecular flexibility index (Phi) is 5.92. The van der Waals surface area contributed by atoms with Gasteiger partial charge in [-0.25, -0.2) is 4.79 Å². The molecule has 0 bridgehead atoms. The van der Waals surface area contributed by atoms with Gasteiger partial charge in [0.05, 0.1) is 23.9 Å². The maximum Gasteiger partial charge on any atom is 0.338 e. The lowest BCUT2D eigenvalue weighted by Gasteiger charge is -2.16. The first-order valence-electron chi connectivity index (χ1n) is 7.75. The summed E-state index contributed by atoms with van der Waals surface area (Å²) in [7, 11) is 1.89. The first-order chi connectivity index (χ1) is 11.4. The summed E-state index contributed by atoms with van der Waals surface area (Å²) in [6.45, 7) is 6.14. The van der Waals surface area contributed by atoms with E-state index >= 15 is 0 Å². The van der Waals surface area contributed by atoms with Gasteiger partial charge in [0, 0.05) is 24.5 Å². The molecule has 2 rings (SSSR count). The van der Waals surface area contributed by atoms with Gasteiger partial charge in [-0.3, -0.25) is 4.68 Å². The zero-order chi connectivity index (χ0) is 17.7. The van der Waals surface area contributed by atoms with Crippen molar-refractivity contribution < 1.29 is 9.53 Å². The molecule has 0 saturated carbocycles. The highest BCUT2D eigenvalue weighted by molar-refractivity contribution is 7.80. The molecule has 0 aliphatic heterocycles. The molecule has 0 aliphatic rings. The Bertz CT molecular complexity index is 725. The SMILES string of the molecule is CCOC(=O)c1ccc(NC(=S)N[C@@H](C)c2cn(C)nc2C)cc1. The van der Waals surface area contributed by atoms with Gasteiger partial charge in [-0.05, 0) is 57.3 Å². The molecule has 1 aromatic heterocycles. The Morgan fingerprint density at radius 2 is 2.04 bits per heavy atom. The number of rotatable bonds is 5. The van der Waals surface area contributed by atoms with Gasteiger partial charge in [0.15, 0.2) is 5.11 Å². The van der Waals surface area contributed by atoms with Crippen LogP contribution in [-0.4, -0.2) is 27.5 Å². The Labute approximate surface area is 147 Å². The van der Waals surface area contributed by atoms with Crippen LogP contribution in [0.1, 0.15) is 41.5 Å². The van der Waals surface area contributed by atoms with Crippen LogP contribution < -0.4 is 10.6 Å². The van der Waals surface area contributed by atoms with Crippen molar-refractivity contribution >= 4 is 29.0 Å². The van der Waals surface area contributed by atoms with Gasteiger partial charge in [0.1, 0.15) is 0 Å². The van der Waals surface area contributed by atoms with Crippen LogP contribution in [0.15, 0.2) is 30.5 Å². The van der Waals surface area contributed by atoms with E-state index in [-0.39, 0.29) is 12.0 Å². The number of benzene rings is 1. The predicted molar refractivity (Wildman–Crippen MR) is 98.1 cm³/mol. The summed E-state index contributed by atoms with van der Waals surface area (Å²) in [5, 5.41) is 11.2. The fraction of sp³-hybridized carbons (Fsp3) is 0.353. The van der Waals surface area contributed by atoms with Crippen molar-refractivity contribution in [1.82, 2.24) is 15.1 Å². The van der Waals surface area contributed by atoms with Crippen LogP contribution >= 0.6 is 12.2 Å². The minimum Gasteiger partial charge on any atom is -0.462 e. The fourth-order valence-corrected chi connectivity index (χ4v) is 2.68. The number of ether oxygens (including phenoxy) is 1. The Morgan fingerprint density at radius 1 is 1.38 bits per heavy atom. The zero-order valence-corrected chi connectivity index (χ0v) is 15.1. The third kappa shape index (κ3) is 4.55. The second-order valence-electron chi connectivity index (χ2n) is 5.46.